The zero-order valence-corrected chi connectivity index (χ0v) is 10.3. The predicted octanol–water partition coefficient (Wildman–Crippen LogP) is 1.71. The van der Waals surface area contributed by atoms with Gasteiger partial charge in [0.1, 0.15) is 11.6 Å². The molecule has 0 saturated carbocycles. The van der Waals surface area contributed by atoms with E-state index in [-0.39, 0.29) is 11.9 Å². The van der Waals surface area contributed by atoms with Crippen LogP contribution < -0.4 is 16.0 Å². The number of rotatable bonds is 3. The highest BCUT2D eigenvalue weighted by molar-refractivity contribution is 5.48. The quantitative estimate of drug-likeness (QED) is 0.650. The summed E-state index contributed by atoms with van der Waals surface area (Å²) in [6, 6.07) is 7.01. The summed E-state index contributed by atoms with van der Waals surface area (Å²) in [6.45, 7) is 0.672. The number of nitrogens with one attached hydrogen (secondary N) is 1. The molecule has 1 aromatic carbocycles. The Morgan fingerprint density at radius 1 is 1.37 bits per heavy atom. The van der Waals surface area contributed by atoms with E-state index < -0.39 is 0 Å². The highest BCUT2D eigenvalue weighted by Gasteiger charge is 2.23. The first kappa shape index (κ1) is 12.1. The van der Waals surface area contributed by atoms with E-state index in [2.05, 4.69) is 10.4 Å². The summed E-state index contributed by atoms with van der Waals surface area (Å²) in [7, 11) is 0. The molecule has 0 bridgehead atoms. The van der Waals surface area contributed by atoms with Gasteiger partial charge >= 0.3 is 0 Å². The molecule has 98 valence electrons. The molecule has 0 amide bonds. The van der Waals surface area contributed by atoms with Gasteiger partial charge in [0.05, 0.1) is 18.8 Å². The van der Waals surface area contributed by atoms with Crippen molar-refractivity contribution in [1.82, 2.24) is 10.4 Å². The minimum atomic E-state index is -0.383. The van der Waals surface area contributed by atoms with Gasteiger partial charge in [0.2, 0.25) is 0 Å². The van der Waals surface area contributed by atoms with Crippen LogP contribution in [0.5, 0.6) is 5.75 Å². The molecule has 0 aliphatic carbocycles. The summed E-state index contributed by atoms with van der Waals surface area (Å²) in [5, 5.41) is 0. The van der Waals surface area contributed by atoms with Gasteiger partial charge in [-0.2, -0.15) is 0 Å². The summed E-state index contributed by atoms with van der Waals surface area (Å²) in [5.74, 6) is 6.08. The number of hydrogen-bond acceptors (Lipinski definition) is 4. The summed E-state index contributed by atoms with van der Waals surface area (Å²) in [6.07, 6.45) is 3.66. The molecule has 4 nitrogen and oxygen atoms in total. The van der Waals surface area contributed by atoms with E-state index in [9.17, 15) is 4.39 Å². The summed E-state index contributed by atoms with van der Waals surface area (Å²) >= 11 is 0. The fourth-order valence-corrected chi connectivity index (χ4v) is 2.42. The molecule has 1 aliphatic heterocycles. The van der Waals surface area contributed by atoms with Crippen molar-refractivity contribution in [2.24, 2.45) is 5.84 Å². The van der Waals surface area contributed by atoms with Gasteiger partial charge in [0.25, 0.3) is 0 Å². The molecule has 0 radical (unpaired) electrons. The second-order valence-corrected chi connectivity index (χ2v) is 4.47. The predicted molar refractivity (Wildman–Crippen MR) is 69.0 cm³/mol. The van der Waals surface area contributed by atoms with Gasteiger partial charge in [-0.3, -0.25) is 10.8 Å². The SMILES string of the molecule is NNC(c1cncc(F)c1)c1cccc2c1OCC2. The monoisotopic (exact) mass is 259 g/mol. The zero-order chi connectivity index (χ0) is 13.2. The van der Waals surface area contributed by atoms with Crippen LogP contribution in [0.1, 0.15) is 22.7 Å². The molecule has 5 heteroatoms. The highest BCUT2D eigenvalue weighted by atomic mass is 19.1. The Morgan fingerprint density at radius 3 is 3.05 bits per heavy atom. The molecule has 0 spiro atoms. The summed E-state index contributed by atoms with van der Waals surface area (Å²) in [4.78, 5) is 3.86. The van der Waals surface area contributed by atoms with Crippen molar-refractivity contribution in [3.8, 4) is 5.75 Å². The molecule has 3 rings (SSSR count). The average Bonchev–Trinajstić information content (AvgIpc) is 2.89. The van der Waals surface area contributed by atoms with Crippen LogP contribution in [0.4, 0.5) is 4.39 Å². The van der Waals surface area contributed by atoms with E-state index in [1.165, 1.54) is 12.3 Å². The minimum Gasteiger partial charge on any atom is -0.493 e. The number of nitrogens with two attached hydrogens (primary N) is 1. The lowest BCUT2D eigenvalue weighted by Gasteiger charge is -2.19. The van der Waals surface area contributed by atoms with Gasteiger partial charge in [-0.25, -0.2) is 9.82 Å². The second-order valence-electron chi connectivity index (χ2n) is 4.47. The first-order valence-corrected chi connectivity index (χ1v) is 6.11. The first-order valence-electron chi connectivity index (χ1n) is 6.11. The Balaban J connectivity index is 2.06. The lowest BCUT2D eigenvalue weighted by Crippen LogP contribution is -2.29. The van der Waals surface area contributed by atoms with Crippen LogP contribution in [-0.4, -0.2) is 11.6 Å². The smallest absolute Gasteiger partial charge is 0.141 e. The fraction of sp³-hybridized carbons (Fsp3) is 0.214. The third kappa shape index (κ3) is 2.18. The number of ether oxygens (including phenoxy) is 1. The molecule has 2 heterocycles. The number of hydrazine groups is 1. The molecule has 1 aromatic heterocycles. The maximum absolute atomic E-state index is 13.3. The van der Waals surface area contributed by atoms with Crippen LogP contribution >= 0.6 is 0 Å². The lowest BCUT2D eigenvalue weighted by molar-refractivity contribution is 0.350. The molecule has 0 fully saturated rings. The zero-order valence-electron chi connectivity index (χ0n) is 10.3. The van der Waals surface area contributed by atoms with Crippen LogP contribution in [0.15, 0.2) is 36.7 Å². The van der Waals surface area contributed by atoms with E-state index in [1.54, 1.807) is 6.20 Å². The van der Waals surface area contributed by atoms with Crippen molar-refractivity contribution in [3.63, 3.8) is 0 Å². The van der Waals surface area contributed by atoms with Gasteiger partial charge in [-0.15, -0.1) is 0 Å². The highest BCUT2D eigenvalue weighted by Crippen LogP contribution is 2.35. The standard InChI is InChI=1S/C14H14FN3O/c15-11-6-10(7-17-8-11)13(18-16)12-3-1-2-9-4-5-19-14(9)12/h1-3,6-8,13,18H,4-5,16H2. The second kappa shape index (κ2) is 4.95. The van der Waals surface area contributed by atoms with Crippen molar-refractivity contribution >= 4 is 0 Å². The summed E-state index contributed by atoms with van der Waals surface area (Å²) < 4.78 is 18.9. The molecule has 1 atom stereocenters. The number of aromatic nitrogens is 1. The Labute approximate surface area is 110 Å². The largest absolute Gasteiger partial charge is 0.493 e. The molecular formula is C14H14FN3O. The Bertz CT molecular complexity index is 603. The summed E-state index contributed by atoms with van der Waals surface area (Å²) in [5.41, 5.74) is 5.44. The van der Waals surface area contributed by atoms with E-state index in [4.69, 9.17) is 10.6 Å². The average molecular weight is 259 g/mol. The van der Waals surface area contributed by atoms with Gasteiger partial charge < -0.3 is 4.74 Å². The van der Waals surface area contributed by atoms with Crippen molar-refractivity contribution in [3.05, 3.63) is 59.2 Å². The lowest BCUT2D eigenvalue weighted by atomic mass is 9.97. The van der Waals surface area contributed by atoms with Gasteiger partial charge in [0, 0.05) is 18.2 Å². The van der Waals surface area contributed by atoms with Gasteiger partial charge in [-0.1, -0.05) is 18.2 Å². The van der Waals surface area contributed by atoms with Crippen molar-refractivity contribution in [2.75, 3.05) is 6.61 Å². The number of halogens is 1. The third-order valence-electron chi connectivity index (χ3n) is 3.28. The minimum absolute atomic E-state index is 0.337. The number of fused-ring (bicyclic) bond motifs is 1. The van der Waals surface area contributed by atoms with E-state index in [0.717, 1.165) is 23.3 Å². The molecule has 1 aliphatic rings. The van der Waals surface area contributed by atoms with Crippen LogP contribution in [0.2, 0.25) is 0 Å². The van der Waals surface area contributed by atoms with Crippen LogP contribution in [0, 0.1) is 5.82 Å². The molecular weight excluding hydrogens is 245 g/mol. The van der Waals surface area contributed by atoms with Crippen molar-refractivity contribution < 1.29 is 9.13 Å². The van der Waals surface area contributed by atoms with E-state index in [1.807, 2.05) is 18.2 Å². The first-order chi connectivity index (χ1) is 9.29. The van der Waals surface area contributed by atoms with Crippen LogP contribution in [0.3, 0.4) is 0 Å². The normalized spacial score (nSPS) is 14.8. The number of hydrogen-bond donors (Lipinski definition) is 2. The number of nitrogens with zero attached hydrogens (tertiary/aromatic N) is 1. The van der Waals surface area contributed by atoms with E-state index >= 15 is 0 Å². The fourth-order valence-electron chi connectivity index (χ4n) is 2.42. The Hall–Kier alpha value is -1.98. The number of para-hydroxylation sites is 1. The maximum atomic E-state index is 13.3. The molecule has 2 aromatic rings. The van der Waals surface area contributed by atoms with Crippen LogP contribution in [0.25, 0.3) is 0 Å². The molecule has 0 saturated heterocycles. The third-order valence-corrected chi connectivity index (χ3v) is 3.28. The molecule has 3 N–H and O–H groups in total. The van der Waals surface area contributed by atoms with Crippen molar-refractivity contribution in [2.45, 2.75) is 12.5 Å². The number of benzene rings is 1. The molecule has 19 heavy (non-hydrogen) atoms. The maximum Gasteiger partial charge on any atom is 0.141 e. The van der Waals surface area contributed by atoms with Gasteiger partial charge in [-0.05, 0) is 17.2 Å². The van der Waals surface area contributed by atoms with Gasteiger partial charge in [0.15, 0.2) is 0 Å². The Morgan fingerprint density at radius 2 is 2.26 bits per heavy atom. The van der Waals surface area contributed by atoms with Crippen molar-refractivity contribution in [1.29, 1.82) is 0 Å². The Kier molecular flexibility index (Phi) is 3.15. The topological polar surface area (TPSA) is 60.2 Å². The molecule has 1 unspecified atom stereocenters. The number of pyridine rings is 1. The van der Waals surface area contributed by atoms with Crippen LogP contribution in [-0.2, 0) is 6.42 Å². The van der Waals surface area contributed by atoms with E-state index in [0.29, 0.717) is 12.2 Å².